The summed E-state index contributed by atoms with van der Waals surface area (Å²) >= 11 is 0. The molecule has 0 amide bonds. The van der Waals surface area contributed by atoms with Gasteiger partial charge in [-0.3, -0.25) is 4.40 Å². The summed E-state index contributed by atoms with van der Waals surface area (Å²) in [5, 5.41) is 5.16. The molecule has 2 aromatic heterocycles. The minimum atomic E-state index is -3.78. The summed E-state index contributed by atoms with van der Waals surface area (Å²) in [7, 11) is -3.78. The molecule has 0 radical (unpaired) electrons. The lowest BCUT2D eigenvalue weighted by atomic mass is 10.0. The van der Waals surface area contributed by atoms with E-state index >= 15 is 0 Å². The molecule has 4 rings (SSSR count). The van der Waals surface area contributed by atoms with Crippen LogP contribution in [0.3, 0.4) is 0 Å². The number of rotatable bonds is 3. The number of fused-ring (bicyclic) bond motifs is 1. The number of imidazole rings is 1. The van der Waals surface area contributed by atoms with Crippen molar-refractivity contribution in [2.45, 2.75) is 4.90 Å². The smallest absolute Gasteiger partial charge is 0.238 e. The number of aromatic nitrogens is 2. The molecule has 0 atom stereocenters. The Bertz CT molecular complexity index is 1220. The van der Waals surface area contributed by atoms with Gasteiger partial charge in [0.1, 0.15) is 17.2 Å². The second-order valence-electron chi connectivity index (χ2n) is 5.79. The zero-order chi connectivity index (χ0) is 18.3. The second kappa shape index (κ2) is 6.05. The van der Waals surface area contributed by atoms with Crippen molar-refractivity contribution in [1.29, 1.82) is 0 Å². The Kier molecular flexibility index (Phi) is 3.82. The summed E-state index contributed by atoms with van der Waals surface area (Å²) in [6.07, 6.45) is 1.83. The minimum Gasteiger partial charge on any atom is -0.299 e. The molecule has 4 aromatic rings. The molecule has 26 heavy (non-hydrogen) atoms. The van der Waals surface area contributed by atoms with Crippen LogP contribution in [-0.2, 0) is 10.0 Å². The highest BCUT2D eigenvalue weighted by Crippen LogP contribution is 2.34. The van der Waals surface area contributed by atoms with Crippen molar-refractivity contribution in [3.63, 3.8) is 0 Å². The SMILES string of the molecule is NS(=O)(=O)c1ccc(-c2c(-c3ccccc3F)nc3ccccn23)cc1. The van der Waals surface area contributed by atoms with Crippen molar-refractivity contribution >= 4 is 15.7 Å². The number of primary sulfonamides is 1. The molecule has 0 aliphatic carbocycles. The maximum Gasteiger partial charge on any atom is 0.238 e. The first-order valence-electron chi connectivity index (χ1n) is 7.80. The molecule has 0 fully saturated rings. The van der Waals surface area contributed by atoms with Crippen molar-refractivity contribution in [2.75, 3.05) is 0 Å². The van der Waals surface area contributed by atoms with Crippen molar-refractivity contribution < 1.29 is 12.8 Å². The Morgan fingerprint density at radius 3 is 2.31 bits per heavy atom. The highest BCUT2D eigenvalue weighted by atomic mass is 32.2. The predicted molar refractivity (Wildman–Crippen MR) is 97.4 cm³/mol. The maximum atomic E-state index is 14.4. The molecular formula is C19H14FN3O2S. The number of hydrogen-bond donors (Lipinski definition) is 1. The standard InChI is InChI=1S/C19H14FN3O2S/c20-16-6-2-1-5-15(16)18-19(23-12-4-3-7-17(23)22-18)13-8-10-14(11-9-13)26(21,24)25/h1-12H,(H2,21,24,25). The van der Waals surface area contributed by atoms with Gasteiger partial charge in [-0.15, -0.1) is 0 Å². The number of hydrogen-bond acceptors (Lipinski definition) is 3. The third-order valence-corrected chi connectivity index (χ3v) is 5.04. The first-order chi connectivity index (χ1) is 12.4. The lowest BCUT2D eigenvalue weighted by molar-refractivity contribution is 0.598. The molecule has 0 saturated carbocycles. The Morgan fingerprint density at radius 2 is 1.62 bits per heavy atom. The number of pyridine rings is 1. The first-order valence-corrected chi connectivity index (χ1v) is 9.35. The average Bonchev–Trinajstić information content (AvgIpc) is 3.00. The van der Waals surface area contributed by atoms with Crippen LogP contribution in [0.2, 0.25) is 0 Å². The molecule has 0 bridgehead atoms. The number of halogens is 1. The fourth-order valence-electron chi connectivity index (χ4n) is 2.92. The number of nitrogens with zero attached hydrogens (tertiary/aromatic N) is 2. The van der Waals surface area contributed by atoms with Gasteiger partial charge in [0.2, 0.25) is 10.0 Å². The molecule has 0 aliphatic rings. The van der Waals surface area contributed by atoms with Crippen LogP contribution in [0.25, 0.3) is 28.2 Å². The van der Waals surface area contributed by atoms with Gasteiger partial charge in [-0.1, -0.05) is 30.3 Å². The van der Waals surface area contributed by atoms with Crippen LogP contribution in [0.5, 0.6) is 0 Å². The van der Waals surface area contributed by atoms with Crippen LogP contribution in [0.4, 0.5) is 4.39 Å². The van der Waals surface area contributed by atoms with Gasteiger partial charge in [-0.05, 0) is 36.4 Å². The van der Waals surface area contributed by atoms with Crippen LogP contribution in [0.15, 0.2) is 77.8 Å². The lowest BCUT2D eigenvalue weighted by Gasteiger charge is -2.07. The molecule has 0 spiro atoms. The third-order valence-electron chi connectivity index (χ3n) is 4.12. The highest BCUT2D eigenvalue weighted by Gasteiger charge is 2.18. The van der Waals surface area contributed by atoms with E-state index in [4.69, 9.17) is 5.14 Å². The van der Waals surface area contributed by atoms with E-state index in [0.29, 0.717) is 28.2 Å². The van der Waals surface area contributed by atoms with Crippen molar-refractivity contribution in [2.24, 2.45) is 5.14 Å². The highest BCUT2D eigenvalue weighted by molar-refractivity contribution is 7.89. The van der Waals surface area contributed by atoms with Crippen LogP contribution in [0, 0.1) is 5.82 Å². The summed E-state index contributed by atoms with van der Waals surface area (Å²) in [6, 6.07) is 18.1. The lowest BCUT2D eigenvalue weighted by Crippen LogP contribution is -2.11. The van der Waals surface area contributed by atoms with Gasteiger partial charge >= 0.3 is 0 Å². The normalized spacial score (nSPS) is 11.8. The summed E-state index contributed by atoms with van der Waals surface area (Å²) in [5.74, 6) is -0.377. The summed E-state index contributed by atoms with van der Waals surface area (Å²) < 4.78 is 39.2. The zero-order valence-electron chi connectivity index (χ0n) is 13.5. The van der Waals surface area contributed by atoms with Crippen molar-refractivity contribution in [1.82, 2.24) is 9.38 Å². The molecule has 2 N–H and O–H groups in total. The molecule has 2 aromatic carbocycles. The van der Waals surface area contributed by atoms with E-state index in [2.05, 4.69) is 4.98 Å². The molecule has 0 saturated heterocycles. The topological polar surface area (TPSA) is 77.5 Å². The van der Waals surface area contributed by atoms with Crippen LogP contribution in [0.1, 0.15) is 0 Å². The first kappa shape index (κ1) is 16.4. The monoisotopic (exact) mass is 367 g/mol. The van der Waals surface area contributed by atoms with Crippen LogP contribution < -0.4 is 5.14 Å². The second-order valence-corrected chi connectivity index (χ2v) is 7.35. The van der Waals surface area contributed by atoms with Gasteiger partial charge < -0.3 is 0 Å². The maximum absolute atomic E-state index is 14.4. The van der Waals surface area contributed by atoms with Gasteiger partial charge in [0.25, 0.3) is 0 Å². The summed E-state index contributed by atoms with van der Waals surface area (Å²) in [5.41, 5.74) is 2.90. The molecule has 7 heteroatoms. The van der Waals surface area contributed by atoms with E-state index < -0.39 is 10.0 Å². The molecular weight excluding hydrogens is 353 g/mol. The number of benzene rings is 2. The fourth-order valence-corrected chi connectivity index (χ4v) is 3.43. The van der Waals surface area contributed by atoms with E-state index in [0.717, 1.165) is 0 Å². The van der Waals surface area contributed by atoms with Gasteiger partial charge in [0.15, 0.2) is 0 Å². The van der Waals surface area contributed by atoms with Gasteiger partial charge in [-0.25, -0.2) is 22.9 Å². The van der Waals surface area contributed by atoms with Crippen LogP contribution in [-0.4, -0.2) is 17.8 Å². The van der Waals surface area contributed by atoms with E-state index in [-0.39, 0.29) is 10.7 Å². The van der Waals surface area contributed by atoms with Gasteiger partial charge in [0.05, 0.1) is 10.6 Å². The van der Waals surface area contributed by atoms with E-state index in [9.17, 15) is 12.8 Å². The van der Waals surface area contributed by atoms with Crippen LogP contribution >= 0.6 is 0 Å². The van der Waals surface area contributed by atoms with Gasteiger partial charge in [0, 0.05) is 17.3 Å². The van der Waals surface area contributed by atoms with Crippen molar-refractivity contribution in [3.8, 4) is 22.5 Å². The summed E-state index contributed by atoms with van der Waals surface area (Å²) in [6.45, 7) is 0. The minimum absolute atomic E-state index is 0.0162. The quantitative estimate of drug-likeness (QED) is 0.602. The Labute approximate surface area is 149 Å². The number of sulfonamides is 1. The fraction of sp³-hybridized carbons (Fsp3) is 0. The van der Waals surface area contributed by atoms with Crippen molar-refractivity contribution in [3.05, 3.63) is 78.7 Å². The Morgan fingerprint density at radius 1 is 0.923 bits per heavy atom. The number of nitrogens with two attached hydrogens (primary N) is 1. The molecule has 5 nitrogen and oxygen atoms in total. The van der Waals surface area contributed by atoms with E-state index in [1.807, 2.05) is 28.8 Å². The molecule has 130 valence electrons. The Balaban J connectivity index is 2.00. The Hall–Kier alpha value is -3.03. The predicted octanol–water partition coefficient (Wildman–Crippen LogP) is 3.45. The van der Waals surface area contributed by atoms with E-state index in [1.165, 1.54) is 18.2 Å². The largest absolute Gasteiger partial charge is 0.299 e. The van der Waals surface area contributed by atoms with E-state index in [1.54, 1.807) is 30.3 Å². The third kappa shape index (κ3) is 2.77. The molecule has 0 unspecified atom stereocenters. The molecule has 0 aliphatic heterocycles. The molecule has 2 heterocycles. The summed E-state index contributed by atoms with van der Waals surface area (Å²) in [4.78, 5) is 4.59. The average molecular weight is 367 g/mol. The zero-order valence-corrected chi connectivity index (χ0v) is 14.3. The van der Waals surface area contributed by atoms with Gasteiger partial charge in [-0.2, -0.15) is 0 Å².